The van der Waals surface area contributed by atoms with E-state index >= 15 is 0 Å². The van der Waals surface area contributed by atoms with E-state index in [9.17, 15) is 0 Å². The number of aromatic nitrogens is 1. The van der Waals surface area contributed by atoms with Crippen molar-refractivity contribution in [2.75, 3.05) is 4.90 Å². The summed E-state index contributed by atoms with van der Waals surface area (Å²) >= 11 is 0. The summed E-state index contributed by atoms with van der Waals surface area (Å²) in [7, 11) is 0. The molecule has 1 aromatic heterocycles. The van der Waals surface area contributed by atoms with Crippen LogP contribution in [-0.4, -0.2) is 4.57 Å². The first-order chi connectivity index (χ1) is 35.7. The second-order valence-corrected chi connectivity index (χ2v) is 18.8. The number of fused-ring (bicyclic) bond motifs is 9. The highest BCUT2D eigenvalue weighted by Crippen LogP contribution is 2.48. The van der Waals surface area contributed by atoms with Gasteiger partial charge in [-0.05, 0) is 137 Å². The van der Waals surface area contributed by atoms with Gasteiger partial charge in [-0.15, -0.1) is 0 Å². The Morgan fingerprint density at radius 3 is 1.57 bits per heavy atom. The fourth-order valence-electron chi connectivity index (χ4n) is 11.5. The molecule has 0 atom stereocenters. The molecule has 2 heteroatoms. The van der Waals surface area contributed by atoms with E-state index in [1.165, 1.54) is 87.1 Å². The highest BCUT2D eigenvalue weighted by atomic mass is 15.1. The minimum atomic E-state index is 1.08. The third-order valence-electron chi connectivity index (χ3n) is 14.7. The molecule has 2 nitrogen and oxygen atoms in total. The molecule has 0 unspecified atom stereocenters. The monoisotopic (exact) mass is 914 g/mol. The molecule has 0 N–H and O–H groups in total. The molecule has 14 aromatic rings. The number of benzene rings is 13. The van der Waals surface area contributed by atoms with E-state index in [0.29, 0.717) is 0 Å². The Balaban J connectivity index is 0.994. The summed E-state index contributed by atoms with van der Waals surface area (Å²) in [5.41, 5.74) is 16.4. The van der Waals surface area contributed by atoms with Crippen molar-refractivity contribution in [2.45, 2.75) is 0 Å². The van der Waals surface area contributed by atoms with Crippen molar-refractivity contribution < 1.29 is 0 Å². The van der Waals surface area contributed by atoms with Gasteiger partial charge in [0, 0.05) is 33.1 Å². The maximum Gasteiger partial charge on any atom is 0.0541 e. The summed E-state index contributed by atoms with van der Waals surface area (Å²) in [6, 6.07) is 102. The molecule has 0 aliphatic rings. The molecular weight excluding hydrogens is 869 g/mol. The zero-order valence-corrected chi connectivity index (χ0v) is 39.5. The van der Waals surface area contributed by atoms with Crippen LogP contribution in [0.1, 0.15) is 0 Å². The quantitative estimate of drug-likeness (QED) is 0.138. The van der Waals surface area contributed by atoms with E-state index in [2.05, 4.69) is 289 Å². The van der Waals surface area contributed by atoms with E-state index in [4.69, 9.17) is 0 Å². The van der Waals surface area contributed by atoms with Crippen LogP contribution in [0.4, 0.5) is 17.1 Å². The van der Waals surface area contributed by atoms with Crippen molar-refractivity contribution in [2.24, 2.45) is 0 Å². The van der Waals surface area contributed by atoms with Crippen molar-refractivity contribution in [3.63, 3.8) is 0 Å². The molecule has 0 amide bonds. The molecule has 0 aliphatic heterocycles. The van der Waals surface area contributed by atoms with Crippen LogP contribution in [0.15, 0.2) is 279 Å². The molecule has 14 rings (SSSR count). The van der Waals surface area contributed by atoms with Crippen LogP contribution >= 0.6 is 0 Å². The molecule has 0 saturated carbocycles. The predicted octanol–water partition coefficient (Wildman–Crippen LogP) is 19.5. The van der Waals surface area contributed by atoms with Gasteiger partial charge in [-0.3, -0.25) is 0 Å². The van der Waals surface area contributed by atoms with Crippen molar-refractivity contribution in [1.82, 2.24) is 4.57 Å². The summed E-state index contributed by atoms with van der Waals surface area (Å²) in [6.45, 7) is 0. The van der Waals surface area contributed by atoms with Crippen molar-refractivity contribution in [3.05, 3.63) is 279 Å². The van der Waals surface area contributed by atoms with Gasteiger partial charge >= 0.3 is 0 Å². The Kier molecular flexibility index (Phi) is 9.89. The first kappa shape index (κ1) is 41.5. The smallest absolute Gasteiger partial charge is 0.0541 e. The van der Waals surface area contributed by atoms with Gasteiger partial charge in [-0.1, -0.05) is 218 Å². The molecule has 0 radical (unpaired) electrons. The first-order valence-corrected chi connectivity index (χ1v) is 24.8. The molecule has 0 aliphatic carbocycles. The van der Waals surface area contributed by atoms with E-state index in [1.54, 1.807) is 0 Å². The second kappa shape index (κ2) is 17.2. The third kappa shape index (κ3) is 6.80. The lowest BCUT2D eigenvalue weighted by Crippen LogP contribution is -2.12. The zero-order chi connectivity index (χ0) is 47.5. The van der Waals surface area contributed by atoms with Crippen LogP contribution in [0.3, 0.4) is 0 Å². The van der Waals surface area contributed by atoms with E-state index in [1.807, 2.05) is 0 Å². The SMILES string of the molecule is c1ccc(-c2c(-c3ccccc3)c3cc(-c4cccc(N(c5ccccc5-c5ccc6c(c5)c5ccccc5n6-c5ccccc5)c5cccc6c5ccc5ccccc56)c4)ccc3c3ccccc23)cc1. The van der Waals surface area contributed by atoms with E-state index in [-0.39, 0.29) is 0 Å². The van der Waals surface area contributed by atoms with Gasteiger partial charge in [0.05, 0.1) is 22.4 Å². The standard InChI is InChI=1S/C70H46N2/c1-4-21-48(22-5-1)69-62-33-13-12-31-58(62)59-41-39-51(45-64(59)70(69)49-23-6-2-7-24-49)50-25-18-28-54(44-50)72(67-37-19-34-57-55-29-11-10-20-47(55)38-42-61(57)67)65-35-16-14-30-56(65)52-40-43-68-63(46-52)60-32-15-17-36-66(60)71(68)53-26-8-3-9-27-53/h1-46H. The largest absolute Gasteiger partial charge is 0.309 e. The molecule has 1 heterocycles. The fraction of sp³-hybridized carbons (Fsp3) is 0. The average molecular weight is 915 g/mol. The molecule has 72 heavy (non-hydrogen) atoms. The minimum Gasteiger partial charge on any atom is -0.309 e. The highest BCUT2D eigenvalue weighted by Gasteiger charge is 2.23. The van der Waals surface area contributed by atoms with Gasteiger partial charge < -0.3 is 9.47 Å². The van der Waals surface area contributed by atoms with E-state index < -0.39 is 0 Å². The molecule has 0 spiro atoms. The number of rotatable bonds is 8. The lowest BCUT2D eigenvalue weighted by molar-refractivity contribution is 1.18. The third-order valence-corrected chi connectivity index (χ3v) is 14.7. The summed E-state index contributed by atoms with van der Waals surface area (Å²) in [4.78, 5) is 2.49. The number of nitrogens with zero attached hydrogens (tertiary/aromatic N) is 2. The zero-order valence-electron chi connectivity index (χ0n) is 39.5. The highest BCUT2D eigenvalue weighted by molar-refractivity contribution is 6.22. The molecule has 336 valence electrons. The number of hydrogen-bond donors (Lipinski definition) is 0. The lowest BCUT2D eigenvalue weighted by Gasteiger charge is -2.29. The fourth-order valence-corrected chi connectivity index (χ4v) is 11.5. The Hall–Kier alpha value is -9.50. The summed E-state index contributed by atoms with van der Waals surface area (Å²) < 4.78 is 2.39. The van der Waals surface area contributed by atoms with Crippen LogP contribution in [0.2, 0.25) is 0 Å². The normalized spacial score (nSPS) is 11.6. The number of anilines is 3. The van der Waals surface area contributed by atoms with Crippen LogP contribution < -0.4 is 4.90 Å². The van der Waals surface area contributed by atoms with Gasteiger partial charge in [0.15, 0.2) is 0 Å². The van der Waals surface area contributed by atoms with Crippen LogP contribution in [-0.2, 0) is 0 Å². The van der Waals surface area contributed by atoms with Gasteiger partial charge in [0.2, 0.25) is 0 Å². The molecule has 0 saturated heterocycles. The number of para-hydroxylation sites is 3. The topological polar surface area (TPSA) is 8.17 Å². The Bertz CT molecular complexity index is 4380. The van der Waals surface area contributed by atoms with Gasteiger partial charge in [0.25, 0.3) is 0 Å². The maximum atomic E-state index is 2.49. The molecule has 0 bridgehead atoms. The Morgan fingerprint density at radius 1 is 0.250 bits per heavy atom. The second-order valence-electron chi connectivity index (χ2n) is 18.8. The lowest BCUT2D eigenvalue weighted by atomic mass is 9.84. The average Bonchev–Trinajstić information content (AvgIpc) is 3.79. The predicted molar refractivity (Wildman–Crippen MR) is 307 cm³/mol. The molecule has 13 aromatic carbocycles. The van der Waals surface area contributed by atoms with Gasteiger partial charge in [0.1, 0.15) is 0 Å². The summed E-state index contributed by atoms with van der Waals surface area (Å²) in [5, 5.41) is 12.3. The van der Waals surface area contributed by atoms with Gasteiger partial charge in [-0.2, -0.15) is 0 Å². The summed E-state index contributed by atoms with van der Waals surface area (Å²) in [5.74, 6) is 0. The van der Waals surface area contributed by atoms with Gasteiger partial charge in [-0.25, -0.2) is 0 Å². The Labute approximate surface area is 418 Å². The Morgan fingerprint density at radius 2 is 0.764 bits per heavy atom. The van der Waals surface area contributed by atoms with Crippen LogP contribution in [0.5, 0.6) is 0 Å². The number of hydrogen-bond acceptors (Lipinski definition) is 1. The first-order valence-electron chi connectivity index (χ1n) is 24.8. The summed E-state index contributed by atoms with van der Waals surface area (Å²) in [6.07, 6.45) is 0. The maximum absolute atomic E-state index is 2.49. The van der Waals surface area contributed by atoms with Crippen molar-refractivity contribution >= 4 is 82.0 Å². The molecule has 0 fully saturated rings. The van der Waals surface area contributed by atoms with E-state index in [0.717, 1.165) is 45.0 Å². The minimum absolute atomic E-state index is 1.08. The van der Waals surface area contributed by atoms with Crippen molar-refractivity contribution in [3.8, 4) is 50.2 Å². The van der Waals surface area contributed by atoms with Crippen molar-refractivity contribution in [1.29, 1.82) is 0 Å². The van der Waals surface area contributed by atoms with Crippen LogP contribution in [0.25, 0.3) is 115 Å². The molecular formula is C70H46N2. The van der Waals surface area contributed by atoms with Crippen LogP contribution in [0, 0.1) is 0 Å².